The molecule has 0 aliphatic rings. The molecule has 1 aromatic heterocycles. The van der Waals surface area contributed by atoms with Crippen molar-refractivity contribution in [2.75, 3.05) is 13.2 Å². The Morgan fingerprint density at radius 1 is 0.850 bits per heavy atom. The topological polar surface area (TPSA) is 127 Å². The summed E-state index contributed by atoms with van der Waals surface area (Å²) in [5, 5.41) is 46.2. The minimum atomic E-state index is -1.20. The van der Waals surface area contributed by atoms with Crippen LogP contribution in [-0.4, -0.2) is 67.0 Å². The molecule has 0 spiro atoms. The van der Waals surface area contributed by atoms with E-state index in [9.17, 15) is 15.3 Å². The SMILES string of the molecule is C[C@@H](CO)[C@@H](O)Cc1cnc(C[C@H](O)[C@@H](O)CO)cn1. The molecule has 0 aliphatic heterocycles. The molecular weight excluding hydrogens is 264 g/mol. The van der Waals surface area contributed by atoms with Gasteiger partial charge in [-0.05, 0) is 0 Å². The van der Waals surface area contributed by atoms with Crippen LogP contribution in [0.5, 0.6) is 0 Å². The molecule has 0 unspecified atom stereocenters. The van der Waals surface area contributed by atoms with Crippen LogP contribution in [0, 0.1) is 5.92 Å². The normalized spacial score (nSPS) is 17.5. The van der Waals surface area contributed by atoms with Gasteiger partial charge in [0, 0.05) is 37.8 Å². The Morgan fingerprint density at radius 2 is 1.35 bits per heavy atom. The smallest absolute Gasteiger partial charge is 0.103 e. The van der Waals surface area contributed by atoms with Gasteiger partial charge in [-0.15, -0.1) is 0 Å². The highest BCUT2D eigenvalue weighted by atomic mass is 16.4. The molecule has 0 saturated heterocycles. The van der Waals surface area contributed by atoms with Crippen LogP contribution in [0.15, 0.2) is 12.4 Å². The second-order valence-electron chi connectivity index (χ2n) is 4.95. The van der Waals surface area contributed by atoms with E-state index in [1.807, 2.05) is 0 Å². The van der Waals surface area contributed by atoms with Gasteiger partial charge >= 0.3 is 0 Å². The van der Waals surface area contributed by atoms with Crippen molar-refractivity contribution in [3.8, 4) is 0 Å². The molecule has 20 heavy (non-hydrogen) atoms. The molecule has 7 heteroatoms. The van der Waals surface area contributed by atoms with Crippen molar-refractivity contribution in [2.45, 2.75) is 38.1 Å². The van der Waals surface area contributed by atoms with E-state index in [0.717, 1.165) is 0 Å². The highest BCUT2D eigenvalue weighted by Gasteiger charge is 2.17. The number of rotatable bonds is 8. The molecule has 0 bridgehead atoms. The standard InChI is InChI=1S/C13H22N2O5/c1-8(6-16)11(18)2-9-4-15-10(5-14-9)3-12(19)13(20)7-17/h4-5,8,11-13,16-20H,2-3,6-7H2,1H3/t8-,11-,12-,13-/m0/s1. The zero-order valence-electron chi connectivity index (χ0n) is 11.4. The van der Waals surface area contributed by atoms with Crippen molar-refractivity contribution >= 4 is 0 Å². The average Bonchev–Trinajstić information content (AvgIpc) is 2.47. The summed E-state index contributed by atoms with van der Waals surface area (Å²) in [4.78, 5) is 8.20. The lowest BCUT2D eigenvalue weighted by atomic mass is 10.0. The predicted octanol–water partition coefficient (Wildman–Crippen LogP) is -1.74. The zero-order chi connectivity index (χ0) is 15.1. The van der Waals surface area contributed by atoms with Gasteiger partial charge in [-0.25, -0.2) is 0 Å². The maximum absolute atomic E-state index is 9.76. The zero-order valence-corrected chi connectivity index (χ0v) is 11.4. The van der Waals surface area contributed by atoms with Crippen LogP contribution in [0.1, 0.15) is 18.3 Å². The van der Waals surface area contributed by atoms with Crippen LogP contribution in [-0.2, 0) is 12.8 Å². The third kappa shape index (κ3) is 5.10. The molecule has 0 saturated carbocycles. The van der Waals surface area contributed by atoms with Gasteiger partial charge in [-0.2, -0.15) is 0 Å². The monoisotopic (exact) mass is 286 g/mol. The van der Waals surface area contributed by atoms with E-state index in [0.29, 0.717) is 11.4 Å². The van der Waals surface area contributed by atoms with Crippen LogP contribution in [0.25, 0.3) is 0 Å². The predicted molar refractivity (Wildman–Crippen MR) is 70.8 cm³/mol. The number of nitrogens with zero attached hydrogens (tertiary/aromatic N) is 2. The van der Waals surface area contributed by atoms with E-state index in [-0.39, 0.29) is 25.4 Å². The van der Waals surface area contributed by atoms with Gasteiger partial charge in [0.1, 0.15) is 6.10 Å². The molecule has 0 fully saturated rings. The molecule has 1 aromatic rings. The number of aromatic nitrogens is 2. The van der Waals surface area contributed by atoms with E-state index in [1.165, 1.54) is 12.4 Å². The summed E-state index contributed by atoms with van der Waals surface area (Å²) < 4.78 is 0. The van der Waals surface area contributed by atoms with Crippen molar-refractivity contribution in [1.82, 2.24) is 9.97 Å². The highest BCUT2D eigenvalue weighted by Crippen LogP contribution is 2.09. The Bertz CT molecular complexity index is 350. The lowest BCUT2D eigenvalue weighted by Gasteiger charge is -2.16. The lowest BCUT2D eigenvalue weighted by molar-refractivity contribution is -0.0137. The van der Waals surface area contributed by atoms with Gasteiger partial charge in [-0.3, -0.25) is 9.97 Å². The fraction of sp³-hybridized carbons (Fsp3) is 0.692. The molecule has 5 N–H and O–H groups in total. The number of aliphatic hydroxyl groups is 5. The Labute approximate surface area is 117 Å². The summed E-state index contributed by atoms with van der Waals surface area (Å²) in [6.45, 7) is 1.12. The first kappa shape index (κ1) is 16.9. The molecule has 0 radical (unpaired) electrons. The third-order valence-corrected chi connectivity index (χ3v) is 3.17. The number of hydrogen-bond acceptors (Lipinski definition) is 7. The molecule has 114 valence electrons. The molecule has 0 aromatic carbocycles. The number of hydrogen-bond donors (Lipinski definition) is 5. The first-order valence-electron chi connectivity index (χ1n) is 6.53. The van der Waals surface area contributed by atoms with Gasteiger partial charge in [0.05, 0.1) is 30.2 Å². The molecule has 4 atom stereocenters. The molecule has 1 heterocycles. The summed E-state index contributed by atoms with van der Waals surface area (Å²) in [5.74, 6) is -0.238. The molecular formula is C13H22N2O5. The quantitative estimate of drug-likeness (QED) is 0.384. The fourth-order valence-electron chi connectivity index (χ4n) is 1.60. The van der Waals surface area contributed by atoms with Crippen LogP contribution in [0.4, 0.5) is 0 Å². The first-order valence-corrected chi connectivity index (χ1v) is 6.53. The average molecular weight is 286 g/mol. The minimum absolute atomic E-state index is 0.0879. The second-order valence-corrected chi connectivity index (χ2v) is 4.95. The van der Waals surface area contributed by atoms with Crippen molar-refractivity contribution in [2.24, 2.45) is 5.92 Å². The summed E-state index contributed by atoms with van der Waals surface area (Å²) >= 11 is 0. The Kier molecular flexibility index (Phi) is 6.97. The van der Waals surface area contributed by atoms with Crippen molar-refractivity contribution in [3.05, 3.63) is 23.8 Å². The van der Waals surface area contributed by atoms with Gasteiger partial charge < -0.3 is 25.5 Å². The number of aliphatic hydroxyl groups excluding tert-OH is 5. The van der Waals surface area contributed by atoms with E-state index < -0.39 is 24.9 Å². The van der Waals surface area contributed by atoms with Crippen molar-refractivity contribution < 1.29 is 25.5 Å². The molecule has 7 nitrogen and oxygen atoms in total. The highest BCUT2D eigenvalue weighted by molar-refractivity contribution is 5.05. The maximum Gasteiger partial charge on any atom is 0.103 e. The molecule has 0 amide bonds. The van der Waals surface area contributed by atoms with Crippen molar-refractivity contribution in [3.63, 3.8) is 0 Å². The van der Waals surface area contributed by atoms with Crippen LogP contribution < -0.4 is 0 Å². The third-order valence-electron chi connectivity index (χ3n) is 3.17. The largest absolute Gasteiger partial charge is 0.396 e. The van der Waals surface area contributed by atoms with E-state index in [1.54, 1.807) is 6.92 Å². The minimum Gasteiger partial charge on any atom is -0.396 e. The van der Waals surface area contributed by atoms with Gasteiger partial charge in [0.2, 0.25) is 0 Å². The van der Waals surface area contributed by atoms with E-state index in [2.05, 4.69) is 9.97 Å². The van der Waals surface area contributed by atoms with E-state index in [4.69, 9.17) is 10.2 Å². The fourth-order valence-corrected chi connectivity index (χ4v) is 1.60. The van der Waals surface area contributed by atoms with Gasteiger partial charge in [0.25, 0.3) is 0 Å². The van der Waals surface area contributed by atoms with Crippen LogP contribution in [0.2, 0.25) is 0 Å². The molecule has 1 rings (SSSR count). The Balaban J connectivity index is 2.56. The summed E-state index contributed by atoms with van der Waals surface area (Å²) in [6, 6.07) is 0. The summed E-state index contributed by atoms with van der Waals surface area (Å²) in [6.07, 6.45) is 0.326. The van der Waals surface area contributed by atoms with Gasteiger partial charge in [-0.1, -0.05) is 6.92 Å². The van der Waals surface area contributed by atoms with Crippen LogP contribution >= 0.6 is 0 Å². The van der Waals surface area contributed by atoms with Gasteiger partial charge in [0.15, 0.2) is 0 Å². The maximum atomic E-state index is 9.76. The second kappa shape index (κ2) is 8.23. The summed E-state index contributed by atoms with van der Waals surface area (Å²) in [5.41, 5.74) is 1.07. The Hall–Kier alpha value is -1.12. The van der Waals surface area contributed by atoms with E-state index >= 15 is 0 Å². The summed E-state index contributed by atoms with van der Waals surface area (Å²) in [7, 11) is 0. The molecule has 0 aliphatic carbocycles. The first-order chi connectivity index (χ1) is 9.47. The Morgan fingerprint density at radius 3 is 1.75 bits per heavy atom. The lowest BCUT2D eigenvalue weighted by Crippen LogP contribution is -2.31. The van der Waals surface area contributed by atoms with Crippen LogP contribution in [0.3, 0.4) is 0 Å². The van der Waals surface area contributed by atoms with Crippen molar-refractivity contribution in [1.29, 1.82) is 0 Å².